The average Bonchev–Trinajstić information content (AvgIpc) is 3.40. The van der Waals surface area contributed by atoms with Crippen LogP contribution in [0.25, 0.3) is 11.1 Å². The Morgan fingerprint density at radius 2 is 1.86 bits per heavy atom. The lowest BCUT2D eigenvalue weighted by Gasteiger charge is -2.24. The standard InChI is InChI=1S/C27H25F2N3O2S/c1-18(27-30-12-13-35-27)32(2)16-21-14-20(19-6-4-3-5-7-19)8-11-25(21)34-17-26(33)31-22-9-10-23(28)24(29)15-22/h3-15,18H,16-17H2,1-2H3,(H,31,33). The van der Waals surface area contributed by atoms with Crippen LogP contribution in [-0.4, -0.2) is 29.4 Å². The van der Waals surface area contributed by atoms with Crippen molar-refractivity contribution in [3.63, 3.8) is 0 Å². The molecule has 0 aliphatic carbocycles. The van der Waals surface area contributed by atoms with Gasteiger partial charge < -0.3 is 10.1 Å². The molecule has 1 amide bonds. The van der Waals surface area contributed by atoms with E-state index in [0.29, 0.717) is 12.3 Å². The molecule has 1 unspecified atom stereocenters. The quantitative estimate of drug-likeness (QED) is 0.297. The summed E-state index contributed by atoms with van der Waals surface area (Å²) in [6.45, 7) is 2.39. The largest absolute Gasteiger partial charge is 0.483 e. The smallest absolute Gasteiger partial charge is 0.262 e. The molecule has 0 spiro atoms. The second-order valence-electron chi connectivity index (χ2n) is 8.12. The molecule has 8 heteroatoms. The van der Waals surface area contributed by atoms with Gasteiger partial charge in [-0.05, 0) is 49.4 Å². The number of carbonyl (C=O) groups excluding carboxylic acids is 1. The molecule has 0 saturated carbocycles. The molecule has 1 heterocycles. The van der Waals surface area contributed by atoms with Crippen LogP contribution in [0.4, 0.5) is 14.5 Å². The Morgan fingerprint density at radius 1 is 1.06 bits per heavy atom. The van der Waals surface area contributed by atoms with Crippen molar-refractivity contribution in [1.29, 1.82) is 0 Å². The average molecular weight is 494 g/mol. The van der Waals surface area contributed by atoms with Gasteiger partial charge in [0.15, 0.2) is 18.2 Å². The first kappa shape index (κ1) is 24.5. The Labute approximate surface area is 207 Å². The highest BCUT2D eigenvalue weighted by molar-refractivity contribution is 7.09. The van der Waals surface area contributed by atoms with E-state index in [1.165, 1.54) is 6.07 Å². The Hall–Kier alpha value is -3.62. The zero-order chi connectivity index (χ0) is 24.8. The second-order valence-corrected chi connectivity index (χ2v) is 9.04. The summed E-state index contributed by atoms with van der Waals surface area (Å²) in [5, 5.41) is 5.49. The number of anilines is 1. The number of hydrogen-bond acceptors (Lipinski definition) is 5. The van der Waals surface area contributed by atoms with Gasteiger partial charge >= 0.3 is 0 Å². The minimum absolute atomic E-state index is 0.0971. The van der Waals surface area contributed by atoms with Gasteiger partial charge in [0.25, 0.3) is 5.91 Å². The Bertz CT molecular complexity index is 1280. The highest BCUT2D eigenvalue weighted by atomic mass is 32.1. The first-order valence-corrected chi connectivity index (χ1v) is 11.9. The Balaban J connectivity index is 1.51. The van der Waals surface area contributed by atoms with Gasteiger partial charge in [0, 0.05) is 35.4 Å². The van der Waals surface area contributed by atoms with Crippen molar-refractivity contribution in [2.75, 3.05) is 19.0 Å². The first-order valence-electron chi connectivity index (χ1n) is 11.1. The molecule has 4 rings (SSSR count). The summed E-state index contributed by atoms with van der Waals surface area (Å²) < 4.78 is 32.4. The van der Waals surface area contributed by atoms with E-state index in [-0.39, 0.29) is 18.3 Å². The van der Waals surface area contributed by atoms with Gasteiger partial charge in [-0.2, -0.15) is 0 Å². The van der Waals surface area contributed by atoms with E-state index >= 15 is 0 Å². The van der Waals surface area contributed by atoms with Gasteiger partial charge in [0.05, 0.1) is 6.04 Å². The second kappa shape index (κ2) is 11.2. The first-order chi connectivity index (χ1) is 16.9. The lowest BCUT2D eigenvalue weighted by Crippen LogP contribution is -2.23. The molecule has 0 aliphatic rings. The Morgan fingerprint density at radius 3 is 2.57 bits per heavy atom. The summed E-state index contributed by atoms with van der Waals surface area (Å²) in [6, 6.07) is 19.2. The number of carbonyl (C=O) groups is 1. The zero-order valence-corrected chi connectivity index (χ0v) is 20.2. The van der Waals surface area contributed by atoms with Crippen LogP contribution >= 0.6 is 11.3 Å². The monoisotopic (exact) mass is 493 g/mol. The molecule has 0 bridgehead atoms. The highest BCUT2D eigenvalue weighted by Gasteiger charge is 2.17. The molecule has 4 aromatic rings. The summed E-state index contributed by atoms with van der Waals surface area (Å²) in [5.74, 6) is -1.90. The number of rotatable bonds is 9. The number of nitrogens with zero attached hydrogens (tertiary/aromatic N) is 2. The minimum atomic E-state index is -1.03. The van der Waals surface area contributed by atoms with E-state index < -0.39 is 17.5 Å². The van der Waals surface area contributed by atoms with E-state index in [9.17, 15) is 13.6 Å². The number of ether oxygens (including phenoxy) is 1. The molecule has 0 saturated heterocycles. The number of benzene rings is 3. The lowest BCUT2D eigenvalue weighted by molar-refractivity contribution is -0.118. The SMILES string of the molecule is CC(c1nccs1)N(C)Cc1cc(-c2ccccc2)ccc1OCC(=O)Nc1ccc(F)c(F)c1. The number of hydrogen-bond donors (Lipinski definition) is 1. The van der Waals surface area contributed by atoms with Crippen LogP contribution in [0.1, 0.15) is 23.5 Å². The van der Waals surface area contributed by atoms with Crippen molar-refractivity contribution < 1.29 is 18.3 Å². The van der Waals surface area contributed by atoms with Crippen LogP contribution in [0.2, 0.25) is 0 Å². The van der Waals surface area contributed by atoms with Crippen LogP contribution in [-0.2, 0) is 11.3 Å². The Kier molecular flexibility index (Phi) is 7.84. The third-order valence-electron chi connectivity index (χ3n) is 5.62. The number of nitrogens with one attached hydrogen (secondary N) is 1. The predicted molar refractivity (Wildman–Crippen MR) is 134 cm³/mol. The molecule has 0 fully saturated rings. The fourth-order valence-corrected chi connectivity index (χ4v) is 4.36. The molecule has 1 atom stereocenters. The molecule has 35 heavy (non-hydrogen) atoms. The normalized spacial score (nSPS) is 11.9. The van der Waals surface area contributed by atoms with E-state index in [1.807, 2.05) is 54.9 Å². The number of amides is 1. The third-order valence-corrected chi connectivity index (χ3v) is 6.57. The van der Waals surface area contributed by atoms with E-state index in [0.717, 1.165) is 33.8 Å². The zero-order valence-electron chi connectivity index (χ0n) is 19.4. The molecular formula is C27H25F2N3O2S. The molecule has 1 aromatic heterocycles. The number of aromatic nitrogens is 1. The third kappa shape index (κ3) is 6.29. The maximum atomic E-state index is 13.4. The summed E-state index contributed by atoms with van der Waals surface area (Å²) in [4.78, 5) is 19.0. The highest BCUT2D eigenvalue weighted by Crippen LogP contribution is 2.30. The lowest BCUT2D eigenvalue weighted by atomic mass is 10.0. The summed E-state index contributed by atoms with van der Waals surface area (Å²) in [5.41, 5.74) is 3.19. The molecule has 0 aliphatic heterocycles. The number of halogens is 2. The van der Waals surface area contributed by atoms with Crippen molar-refractivity contribution in [1.82, 2.24) is 9.88 Å². The van der Waals surface area contributed by atoms with Crippen molar-refractivity contribution in [3.05, 3.63) is 101 Å². The molecule has 5 nitrogen and oxygen atoms in total. The predicted octanol–water partition coefficient (Wildman–Crippen LogP) is 6.30. The summed E-state index contributed by atoms with van der Waals surface area (Å²) in [6.07, 6.45) is 1.79. The van der Waals surface area contributed by atoms with Crippen molar-refractivity contribution in [2.24, 2.45) is 0 Å². The summed E-state index contributed by atoms with van der Waals surface area (Å²) >= 11 is 1.60. The summed E-state index contributed by atoms with van der Waals surface area (Å²) in [7, 11) is 2.01. The molecule has 0 radical (unpaired) electrons. The van der Waals surface area contributed by atoms with Gasteiger partial charge in [0.2, 0.25) is 0 Å². The van der Waals surface area contributed by atoms with Crippen LogP contribution in [0.15, 0.2) is 78.3 Å². The van der Waals surface area contributed by atoms with Gasteiger partial charge in [-0.3, -0.25) is 9.69 Å². The molecule has 3 aromatic carbocycles. The van der Waals surface area contributed by atoms with E-state index in [4.69, 9.17) is 4.74 Å². The topological polar surface area (TPSA) is 54.5 Å². The van der Waals surface area contributed by atoms with Crippen molar-refractivity contribution >= 4 is 22.9 Å². The van der Waals surface area contributed by atoms with Crippen molar-refractivity contribution in [2.45, 2.75) is 19.5 Å². The minimum Gasteiger partial charge on any atom is -0.483 e. The van der Waals surface area contributed by atoms with Gasteiger partial charge in [-0.1, -0.05) is 36.4 Å². The van der Waals surface area contributed by atoms with Gasteiger partial charge in [-0.15, -0.1) is 11.3 Å². The van der Waals surface area contributed by atoms with Crippen LogP contribution < -0.4 is 10.1 Å². The fourth-order valence-electron chi connectivity index (χ4n) is 3.60. The van der Waals surface area contributed by atoms with Gasteiger partial charge in [-0.25, -0.2) is 13.8 Å². The molecule has 180 valence electrons. The fraction of sp³-hybridized carbons (Fsp3) is 0.185. The van der Waals surface area contributed by atoms with Gasteiger partial charge in [0.1, 0.15) is 10.8 Å². The van der Waals surface area contributed by atoms with Crippen molar-refractivity contribution in [3.8, 4) is 16.9 Å². The number of thiazole rings is 1. The van der Waals surface area contributed by atoms with E-state index in [2.05, 4.69) is 28.2 Å². The maximum absolute atomic E-state index is 13.4. The maximum Gasteiger partial charge on any atom is 0.262 e. The van der Waals surface area contributed by atoms with Crippen LogP contribution in [0.5, 0.6) is 5.75 Å². The van der Waals surface area contributed by atoms with Crippen LogP contribution in [0.3, 0.4) is 0 Å². The molecule has 1 N–H and O–H groups in total. The van der Waals surface area contributed by atoms with E-state index in [1.54, 1.807) is 17.5 Å². The van der Waals surface area contributed by atoms with Crippen LogP contribution in [0, 0.1) is 11.6 Å². The molecular weight excluding hydrogens is 468 g/mol.